The van der Waals surface area contributed by atoms with Gasteiger partial charge < -0.3 is 15.8 Å². The highest BCUT2D eigenvalue weighted by Gasteiger charge is 2.14. The predicted octanol–water partition coefficient (Wildman–Crippen LogP) is 2.85. The molecule has 0 saturated carbocycles. The van der Waals surface area contributed by atoms with Crippen molar-refractivity contribution in [2.45, 2.75) is 0 Å². The largest absolute Gasteiger partial charge is 0.465 e. The van der Waals surface area contributed by atoms with Crippen molar-refractivity contribution in [3.05, 3.63) is 47.1 Å². The van der Waals surface area contributed by atoms with Gasteiger partial charge in [0.2, 0.25) is 0 Å². The van der Waals surface area contributed by atoms with Crippen LogP contribution in [-0.2, 0) is 4.74 Å². The molecule has 0 unspecified atom stereocenters. The second-order valence-corrected chi connectivity index (χ2v) is 4.23. The van der Waals surface area contributed by atoms with Crippen molar-refractivity contribution >= 4 is 34.8 Å². The van der Waals surface area contributed by atoms with Gasteiger partial charge in [-0.3, -0.25) is 0 Å². The number of hydrogen-bond acceptors (Lipinski definition) is 5. The molecule has 19 heavy (non-hydrogen) atoms. The number of aromatic nitrogens is 1. The van der Waals surface area contributed by atoms with Crippen LogP contribution in [0.25, 0.3) is 0 Å². The van der Waals surface area contributed by atoms with Gasteiger partial charge in [-0.1, -0.05) is 17.7 Å². The Bertz CT molecular complexity index is 617. The van der Waals surface area contributed by atoms with Crippen molar-refractivity contribution in [3.8, 4) is 0 Å². The van der Waals surface area contributed by atoms with E-state index in [0.29, 0.717) is 16.5 Å². The third-order valence-electron chi connectivity index (χ3n) is 2.40. The quantitative estimate of drug-likeness (QED) is 0.844. The number of nitrogens with zero attached hydrogens (tertiary/aromatic N) is 1. The van der Waals surface area contributed by atoms with E-state index in [1.54, 1.807) is 18.2 Å². The van der Waals surface area contributed by atoms with Gasteiger partial charge in [-0.05, 0) is 24.3 Å². The molecular formula is C13H12ClN3O2. The Kier molecular flexibility index (Phi) is 3.87. The fourth-order valence-corrected chi connectivity index (χ4v) is 1.74. The van der Waals surface area contributed by atoms with Crippen LogP contribution in [0.5, 0.6) is 0 Å². The zero-order valence-corrected chi connectivity index (χ0v) is 10.9. The summed E-state index contributed by atoms with van der Waals surface area (Å²) in [5.74, 6) is -0.146. The van der Waals surface area contributed by atoms with Crippen LogP contribution in [0, 0.1) is 0 Å². The number of rotatable bonds is 3. The number of carbonyl (C=O) groups is 1. The Morgan fingerprint density at radius 2 is 2.21 bits per heavy atom. The monoisotopic (exact) mass is 277 g/mol. The van der Waals surface area contributed by atoms with Crippen molar-refractivity contribution in [2.24, 2.45) is 0 Å². The number of nitrogen functional groups attached to an aromatic ring is 1. The van der Waals surface area contributed by atoms with E-state index >= 15 is 0 Å². The molecule has 0 atom stereocenters. The Morgan fingerprint density at radius 3 is 2.89 bits per heavy atom. The first-order valence-corrected chi connectivity index (χ1v) is 5.84. The first-order valence-electron chi connectivity index (χ1n) is 5.46. The number of ether oxygens (including phenoxy) is 1. The Labute approximate surface area is 115 Å². The predicted molar refractivity (Wildman–Crippen MR) is 74.7 cm³/mol. The van der Waals surface area contributed by atoms with E-state index in [2.05, 4.69) is 10.3 Å². The van der Waals surface area contributed by atoms with E-state index in [9.17, 15) is 4.79 Å². The summed E-state index contributed by atoms with van der Waals surface area (Å²) in [4.78, 5) is 15.8. The standard InChI is InChI=1S/C13H12ClN3O2/c1-19-13(18)11-6-9(15)7-16-12(11)17-10-4-2-3-8(14)5-10/h2-7H,15H2,1H3,(H,16,17). The molecule has 0 amide bonds. The lowest BCUT2D eigenvalue weighted by molar-refractivity contribution is 0.0601. The Hall–Kier alpha value is -2.27. The third-order valence-corrected chi connectivity index (χ3v) is 2.64. The number of hydrogen-bond donors (Lipinski definition) is 2. The highest BCUT2D eigenvalue weighted by Crippen LogP contribution is 2.23. The summed E-state index contributed by atoms with van der Waals surface area (Å²) in [5.41, 5.74) is 6.99. The summed E-state index contributed by atoms with van der Waals surface area (Å²) in [7, 11) is 1.30. The molecule has 3 N–H and O–H groups in total. The molecule has 0 radical (unpaired) electrons. The molecule has 0 aliphatic rings. The van der Waals surface area contributed by atoms with Gasteiger partial charge in [-0.15, -0.1) is 0 Å². The lowest BCUT2D eigenvalue weighted by Crippen LogP contribution is -2.08. The summed E-state index contributed by atoms with van der Waals surface area (Å²) in [6.07, 6.45) is 1.46. The molecule has 0 aliphatic carbocycles. The van der Waals surface area contributed by atoms with E-state index in [-0.39, 0.29) is 5.56 Å². The third kappa shape index (κ3) is 3.14. The smallest absolute Gasteiger partial charge is 0.341 e. The van der Waals surface area contributed by atoms with E-state index in [4.69, 9.17) is 22.1 Å². The molecule has 1 aromatic heterocycles. The van der Waals surface area contributed by atoms with Crippen molar-refractivity contribution in [2.75, 3.05) is 18.2 Å². The van der Waals surface area contributed by atoms with Crippen molar-refractivity contribution < 1.29 is 9.53 Å². The van der Waals surface area contributed by atoms with Gasteiger partial charge >= 0.3 is 5.97 Å². The van der Waals surface area contributed by atoms with Crippen LogP contribution >= 0.6 is 11.6 Å². The van der Waals surface area contributed by atoms with Gasteiger partial charge in [0.25, 0.3) is 0 Å². The number of anilines is 3. The van der Waals surface area contributed by atoms with Crippen molar-refractivity contribution in [3.63, 3.8) is 0 Å². The Morgan fingerprint density at radius 1 is 1.42 bits per heavy atom. The number of carbonyl (C=O) groups excluding carboxylic acids is 1. The molecule has 0 spiro atoms. The lowest BCUT2D eigenvalue weighted by Gasteiger charge is -2.10. The van der Waals surface area contributed by atoms with Gasteiger partial charge in [0.05, 0.1) is 19.0 Å². The highest BCUT2D eigenvalue weighted by molar-refractivity contribution is 6.30. The number of methoxy groups -OCH3 is 1. The zero-order valence-electron chi connectivity index (χ0n) is 10.2. The minimum atomic E-state index is -0.510. The summed E-state index contributed by atoms with van der Waals surface area (Å²) in [6.45, 7) is 0. The van der Waals surface area contributed by atoms with E-state index in [1.165, 1.54) is 19.4 Å². The van der Waals surface area contributed by atoms with Crippen molar-refractivity contribution in [1.29, 1.82) is 0 Å². The van der Waals surface area contributed by atoms with Crippen molar-refractivity contribution in [1.82, 2.24) is 4.98 Å². The Balaban J connectivity index is 2.37. The summed E-state index contributed by atoms with van der Waals surface area (Å²) in [5, 5.41) is 3.59. The molecule has 98 valence electrons. The average molecular weight is 278 g/mol. The normalized spacial score (nSPS) is 10.0. The molecule has 6 heteroatoms. The van der Waals surface area contributed by atoms with Crippen LogP contribution in [0.4, 0.5) is 17.2 Å². The summed E-state index contributed by atoms with van der Waals surface area (Å²) >= 11 is 5.89. The van der Waals surface area contributed by atoms with Crippen LogP contribution in [0.15, 0.2) is 36.5 Å². The van der Waals surface area contributed by atoms with Gasteiger partial charge in [-0.2, -0.15) is 0 Å². The molecule has 0 bridgehead atoms. The molecule has 0 aliphatic heterocycles. The minimum Gasteiger partial charge on any atom is -0.465 e. The second kappa shape index (κ2) is 5.58. The number of nitrogens with one attached hydrogen (secondary N) is 1. The maximum Gasteiger partial charge on any atom is 0.341 e. The molecular weight excluding hydrogens is 266 g/mol. The van der Waals surface area contributed by atoms with Crippen LogP contribution in [0.2, 0.25) is 5.02 Å². The molecule has 1 aromatic carbocycles. The van der Waals surface area contributed by atoms with E-state index in [0.717, 1.165) is 5.69 Å². The van der Waals surface area contributed by atoms with Crippen LogP contribution < -0.4 is 11.1 Å². The number of benzene rings is 1. The maximum absolute atomic E-state index is 11.7. The molecule has 0 fully saturated rings. The highest BCUT2D eigenvalue weighted by atomic mass is 35.5. The first kappa shape index (κ1) is 13.2. The zero-order chi connectivity index (χ0) is 13.8. The summed E-state index contributed by atoms with van der Waals surface area (Å²) < 4.78 is 4.69. The fourth-order valence-electron chi connectivity index (χ4n) is 1.55. The number of esters is 1. The average Bonchev–Trinajstić information content (AvgIpc) is 2.40. The first-order chi connectivity index (χ1) is 9.10. The molecule has 2 rings (SSSR count). The minimum absolute atomic E-state index is 0.266. The van der Waals surface area contributed by atoms with Gasteiger partial charge in [-0.25, -0.2) is 9.78 Å². The topological polar surface area (TPSA) is 77.2 Å². The summed E-state index contributed by atoms with van der Waals surface area (Å²) in [6, 6.07) is 8.58. The van der Waals surface area contributed by atoms with Crippen LogP contribution in [0.3, 0.4) is 0 Å². The fraction of sp³-hybridized carbons (Fsp3) is 0.0769. The molecule has 0 saturated heterocycles. The van der Waals surface area contributed by atoms with Crippen LogP contribution in [-0.4, -0.2) is 18.1 Å². The molecule has 2 aromatic rings. The van der Waals surface area contributed by atoms with E-state index in [1.807, 2.05) is 6.07 Å². The van der Waals surface area contributed by atoms with Gasteiger partial charge in [0.15, 0.2) is 0 Å². The number of halogens is 1. The SMILES string of the molecule is COC(=O)c1cc(N)cnc1Nc1cccc(Cl)c1. The maximum atomic E-state index is 11.7. The second-order valence-electron chi connectivity index (χ2n) is 3.79. The molecule has 5 nitrogen and oxygen atoms in total. The lowest BCUT2D eigenvalue weighted by atomic mass is 10.2. The number of nitrogens with two attached hydrogens (primary N) is 1. The van der Waals surface area contributed by atoms with Gasteiger partial charge in [0, 0.05) is 10.7 Å². The number of pyridine rings is 1. The molecule has 1 heterocycles. The van der Waals surface area contributed by atoms with E-state index < -0.39 is 5.97 Å². The van der Waals surface area contributed by atoms with Crippen LogP contribution in [0.1, 0.15) is 10.4 Å². The van der Waals surface area contributed by atoms with Gasteiger partial charge in [0.1, 0.15) is 11.4 Å².